The van der Waals surface area contributed by atoms with Crippen molar-refractivity contribution in [2.75, 3.05) is 20.8 Å². The van der Waals surface area contributed by atoms with Crippen LogP contribution < -0.4 is 20.1 Å². The minimum atomic E-state index is 0.665. The van der Waals surface area contributed by atoms with E-state index in [-0.39, 0.29) is 0 Å². The lowest BCUT2D eigenvalue weighted by Crippen LogP contribution is -2.35. The van der Waals surface area contributed by atoms with Gasteiger partial charge in [-0.1, -0.05) is 19.4 Å². The Hall–Kier alpha value is -1.49. The third-order valence-electron chi connectivity index (χ3n) is 2.72. The van der Waals surface area contributed by atoms with E-state index in [0.717, 1.165) is 36.4 Å². The summed E-state index contributed by atoms with van der Waals surface area (Å²) in [5.74, 6) is 1.46. The molecular formula is C14H22N2O2S. The Morgan fingerprint density at radius 3 is 2.53 bits per heavy atom. The first-order chi connectivity index (χ1) is 9.21. The fourth-order valence-corrected chi connectivity index (χ4v) is 1.79. The Labute approximate surface area is 120 Å². The summed E-state index contributed by atoms with van der Waals surface area (Å²) in [6, 6.07) is 5.83. The topological polar surface area (TPSA) is 42.5 Å². The number of ether oxygens (including phenoxy) is 2. The second-order valence-corrected chi connectivity index (χ2v) is 4.56. The van der Waals surface area contributed by atoms with E-state index in [0.29, 0.717) is 11.7 Å². The summed E-state index contributed by atoms with van der Waals surface area (Å²) in [6.45, 7) is 3.73. The predicted octanol–water partition coefficient (Wildman–Crippen LogP) is 2.47. The van der Waals surface area contributed by atoms with Crippen molar-refractivity contribution in [3.8, 4) is 11.5 Å². The van der Waals surface area contributed by atoms with Crippen LogP contribution in [0.15, 0.2) is 18.2 Å². The summed E-state index contributed by atoms with van der Waals surface area (Å²) in [5.41, 5.74) is 1.09. The Morgan fingerprint density at radius 2 is 1.89 bits per heavy atom. The SMILES string of the molecule is CCCCNC(=S)NCc1ccc(OC)c(OC)c1. The van der Waals surface area contributed by atoms with Crippen molar-refractivity contribution in [2.24, 2.45) is 0 Å². The molecule has 0 heterocycles. The fourth-order valence-electron chi connectivity index (χ4n) is 1.61. The highest BCUT2D eigenvalue weighted by atomic mass is 32.1. The summed E-state index contributed by atoms with van der Waals surface area (Å²) in [5, 5.41) is 7.02. The highest BCUT2D eigenvalue weighted by molar-refractivity contribution is 7.80. The van der Waals surface area contributed by atoms with Crippen LogP contribution in [-0.2, 0) is 6.54 Å². The van der Waals surface area contributed by atoms with Crippen molar-refractivity contribution in [3.05, 3.63) is 23.8 Å². The van der Waals surface area contributed by atoms with E-state index < -0.39 is 0 Å². The van der Waals surface area contributed by atoms with E-state index in [2.05, 4.69) is 17.6 Å². The molecule has 0 radical (unpaired) electrons. The van der Waals surface area contributed by atoms with Gasteiger partial charge in [0.15, 0.2) is 16.6 Å². The first-order valence-corrected chi connectivity index (χ1v) is 6.84. The molecule has 19 heavy (non-hydrogen) atoms. The molecule has 0 amide bonds. The van der Waals surface area contributed by atoms with Crippen LogP contribution in [-0.4, -0.2) is 25.9 Å². The number of hydrogen-bond acceptors (Lipinski definition) is 3. The van der Waals surface area contributed by atoms with Crippen molar-refractivity contribution < 1.29 is 9.47 Å². The van der Waals surface area contributed by atoms with Gasteiger partial charge in [0, 0.05) is 13.1 Å². The van der Waals surface area contributed by atoms with E-state index in [1.54, 1.807) is 14.2 Å². The summed E-state index contributed by atoms with van der Waals surface area (Å²) >= 11 is 5.20. The number of methoxy groups -OCH3 is 2. The summed E-state index contributed by atoms with van der Waals surface area (Å²) in [7, 11) is 3.26. The quantitative estimate of drug-likeness (QED) is 0.594. The molecule has 0 aliphatic carbocycles. The Balaban J connectivity index is 2.47. The van der Waals surface area contributed by atoms with Gasteiger partial charge in [-0.25, -0.2) is 0 Å². The van der Waals surface area contributed by atoms with Crippen molar-refractivity contribution in [2.45, 2.75) is 26.3 Å². The van der Waals surface area contributed by atoms with Crippen LogP contribution in [0.3, 0.4) is 0 Å². The summed E-state index contributed by atoms with van der Waals surface area (Å²) in [4.78, 5) is 0. The Kier molecular flexibility index (Phi) is 7.03. The summed E-state index contributed by atoms with van der Waals surface area (Å²) < 4.78 is 10.5. The van der Waals surface area contributed by atoms with Crippen LogP contribution in [0.5, 0.6) is 11.5 Å². The zero-order chi connectivity index (χ0) is 14.1. The van der Waals surface area contributed by atoms with Gasteiger partial charge in [-0.2, -0.15) is 0 Å². The molecule has 0 saturated carbocycles. The van der Waals surface area contributed by atoms with Crippen LogP contribution in [0, 0.1) is 0 Å². The van der Waals surface area contributed by atoms with E-state index in [1.807, 2.05) is 18.2 Å². The van der Waals surface area contributed by atoms with Crippen molar-refractivity contribution in [1.82, 2.24) is 10.6 Å². The average Bonchev–Trinajstić information content (AvgIpc) is 2.45. The molecule has 0 bridgehead atoms. The maximum Gasteiger partial charge on any atom is 0.166 e. The zero-order valence-corrected chi connectivity index (χ0v) is 12.6. The number of benzene rings is 1. The maximum absolute atomic E-state index is 5.26. The van der Waals surface area contributed by atoms with Gasteiger partial charge >= 0.3 is 0 Å². The highest BCUT2D eigenvalue weighted by Crippen LogP contribution is 2.27. The lowest BCUT2D eigenvalue weighted by molar-refractivity contribution is 0.354. The van der Waals surface area contributed by atoms with Gasteiger partial charge in [-0.05, 0) is 36.3 Å². The van der Waals surface area contributed by atoms with Crippen LogP contribution in [0.2, 0.25) is 0 Å². The number of nitrogens with one attached hydrogen (secondary N) is 2. The Bertz CT molecular complexity index is 410. The van der Waals surface area contributed by atoms with E-state index >= 15 is 0 Å². The number of hydrogen-bond donors (Lipinski definition) is 2. The Morgan fingerprint density at radius 1 is 1.16 bits per heavy atom. The van der Waals surface area contributed by atoms with Crippen LogP contribution in [0.1, 0.15) is 25.3 Å². The molecule has 0 saturated heterocycles. The highest BCUT2D eigenvalue weighted by Gasteiger charge is 2.04. The molecule has 5 heteroatoms. The van der Waals surface area contributed by atoms with E-state index in [9.17, 15) is 0 Å². The maximum atomic E-state index is 5.26. The van der Waals surface area contributed by atoms with Crippen LogP contribution in [0.25, 0.3) is 0 Å². The third-order valence-corrected chi connectivity index (χ3v) is 3.01. The largest absolute Gasteiger partial charge is 0.493 e. The molecule has 0 aliphatic heterocycles. The van der Waals surface area contributed by atoms with Gasteiger partial charge in [0.05, 0.1) is 14.2 Å². The number of thiocarbonyl (C=S) groups is 1. The molecule has 1 aromatic rings. The van der Waals surface area contributed by atoms with Crippen molar-refractivity contribution in [1.29, 1.82) is 0 Å². The molecule has 1 rings (SSSR count). The van der Waals surface area contributed by atoms with Crippen molar-refractivity contribution >= 4 is 17.3 Å². The van der Waals surface area contributed by atoms with Crippen LogP contribution in [0.4, 0.5) is 0 Å². The second kappa shape index (κ2) is 8.58. The number of rotatable bonds is 7. The fraction of sp³-hybridized carbons (Fsp3) is 0.500. The molecule has 1 aromatic carbocycles. The van der Waals surface area contributed by atoms with Gasteiger partial charge < -0.3 is 20.1 Å². The molecular weight excluding hydrogens is 260 g/mol. The van der Waals surface area contributed by atoms with Gasteiger partial charge in [-0.3, -0.25) is 0 Å². The predicted molar refractivity (Wildman–Crippen MR) is 81.9 cm³/mol. The standard InChI is InChI=1S/C14H22N2O2S/c1-4-5-8-15-14(19)16-10-11-6-7-12(17-2)13(9-11)18-3/h6-7,9H,4-5,8,10H2,1-3H3,(H2,15,16,19). The molecule has 0 aromatic heterocycles. The van der Waals surface area contributed by atoms with Gasteiger partial charge in [0.1, 0.15) is 0 Å². The van der Waals surface area contributed by atoms with E-state index in [1.165, 1.54) is 0 Å². The zero-order valence-electron chi connectivity index (χ0n) is 11.8. The number of unbranched alkanes of at least 4 members (excludes halogenated alkanes) is 1. The van der Waals surface area contributed by atoms with Gasteiger partial charge in [0.25, 0.3) is 0 Å². The van der Waals surface area contributed by atoms with Gasteiger partial charge in [-0.15, -0.1) is 0 Å². The van der Waals surface area contributed by atoms with Crippen molar-refractivity contribution in [3.63, 3.8) is 0 Å². The molecule has 0 atom stereocenters. The lowest BCUT2D eigenvalue weighted by atomic mass is 10.2. The first kappa shape index (κ1) is 15.6. The minimum Gasteiger partial charge on any atom is -0.493 e. The van der Waals surface area contributed by atoms with E-state index in [4.69, 9.17) is 21.7 Å². The molecule has 106 valence electrons. The molecule has 0 spiro atoms. The van der Waals surface area contributed by atoms with Crippen LogP contribution >= 0.6 is 12.2 Å². The average molecular weight is 282 g/mol. The summed E-state index contributed by atoms with van der Waals surface area (Å²) in [6.07, 6.45) is 2.28. The smallest absolute Gasteiger partial charge is 0.166 e. The molecule has 0 unspecified atom stereocenters. The molecule has 4 nitrogen and oxygen atoms in total. The normalized spacial score (nSPS) is 9.84. The molecule has 0 fully saturated rings. The molecule has 2 N–H and O–H groups in total. The first-order valence-electron chi connectivity index (χ1n) is 6.43. The van der Waals surface area contributed by atoms with Gasteiger partial charge in [0.2, 0.25) is 0 Å². The molecule has 0 aliphatic rings. The third kappa shape index (κ3) is 5.34. The minimum absolute atomic E-state index is 0.665. The monoisotopic (exact) mass is 282 g/mol. The lowest BCUT2D eigenvalue weighted by Gasteiger charge is -2.12. The second-order valence-electron chi connectivity index (χ2n) is 4.15.